The summed E-state index contributed by atoms with van der Waals surface area (Å²) < 4.78 is 5.70. The number of carbonyl (C=O) groups excluding carboxylic acids is 1. The van der Waals surface area contributed by atoms with Gasteiger partial charge in [0.1, 0.15) is 6.61 Å². The number of esters is 1. The Morgan fingerprint density at radius 1 is 1.19 bits per heavy atom. The van der Waals surface area contributed by atoms with Crippen LogP contribution in [0.5, 0.6) is 0 Å². The Labute approximate surface area is 114 Å². The average Bonchev–Trinajstić information content (AvgIpc) is 2.11. The van der Waals surface area contributed by atoms with Gasteiger partial charge in [0.15, 0.2) is 0 Å². The van der Waals surface area contributed by atoms with Crippen molar-refractivity contribution in [3.8, 4) is 0 Å². The zero-order valence-electron chi connectivity index (χ0n) is 11.6. The van der Waals surface area contributed by atoms with Gasteiger partial charge in [-0.2, -0.15) is 0 Å². The number of halogens is 1. The molecule has 0 rings (SSSR count). The highest BCUT2D eigenvalue weighted by atomic mass is 127. The average molecular weight is 340 g/mol. The van der Waals surface area contributed by atoms with E-state index in [9.17, 15) is 4.79 Å². The molecule has 0 aromatic carbocycles. The molecule has 2 nitrogen and oxygen atoms in total. The van der Waals surface area contributed by atoms with Gasteiger partial charge in [0.2, 0.25) is 0 Å². The highest BCUT2D eigenvalue weighted by molar-refractivity contribution is 14.1. The van der Waals surface area contributed by atoms with E-state index in [1.54, 1.807) is 0 Å². The minimum absolute atomic E-state index is 0.0848. The summed E-state index contributed by atoms with van der Waals surface area (Å²) >= 11 is 2.26. The molecule has 0 aliphatic rings. The van der Waals surface area contributed by atoms with Gasteiger partial charge in [-0.05, 0) is 25.2 Å². The van der Waals surface area contributed by atoms with Crippen LogP contribution in [0.15, 0.2) is 0 Å². The molecular formula is C13H25IO2. The Morgan fingerprint density at radius 3 is 1.94 bits per heavy atom. The maximum atomic E-state index is 12.0. The van der Waals surface area contributed by atoms with Crippen molar-refractivity contribution in [2.75, 3.05) is 6.61 Å². The molecule has 96 valence electrons. The zero-order valence-corrected chi connectivity index (χ0v) is 13.7. The molecule has 0 heterocycles. The van der Waals surface area contributed by atoms with E-state index in [1.165, 1.54) is 0 Å². The Hall–Kier alpha value is 0.200. The topological polar surface area (TPSA) is 26.3 Å². The minimum Gasteiger partial charge on any atom is -0.464 e. The van der Waals surface area contributed by atoms with Gasteiger partial charge in [-0.15, -0.1) is 0 Å². The van der Waals surface area contributed by atoms with Crippen LogP contribution in [0.4, 0.5) is 0 Å². The van der Waals surface area contributed by atoms with Crippen molar-refractivity contribution in [1.82, 2.24) is 0 Å². The van der Waals surface area contributed by atoms with Crippen LogP contribution in [0.3, 0.4) is 0 Å². The number of hydrogen-bond acceptors (Lipinski definition) is 2. The highest BCUT2D eigenvalue weighted by Crippen LogP contribution is 2.40. The second kappa shape index (κ2) is 5.69. The third-order valence-corrected chi connectivity index (χ3v) is 3.71. The molecule has 0 amide bonds. The quantitative estimate of drug-likeness (QED) is 0.438. The van der Waals surface area contributed by atoms with E-state index in [0.29, 0.717) is 10.5 Å². The number of hydrogen-bond donors (Lipinski definition) is 0. The summed E-state index contributed by atoms with van der Waals surface area (Å²) in [5.74, 6) is 0.190. The van der Waals surface area contributed by atoms with Gasteiger partial charge >= 0.3 is 5.97 Å². The molecule has 0 aromatic rings. The van der Waals surface area contributed by atoms with Gasteiger partial charge in [0.05, 0.1) is 5.41 Å². The van der Waals surface area contributed by atoms with Gasteiger partial charge in [-0.25, -0.2) is 0 Å². The molecule has 2 atom stereocenters. The summed E-state index contributed by atoms with van der Waals surface area (Å²) in [6.07, 6.45) is 0. The Kier molecular flexibility index (Phi) is 5.77. The van der Waals surface area contributed by atoms with Gasteiger partial charge in [-0.3, -0.25) is 4.79 Å². The van der Waals surface area contributed by atoms with Crippen LogP contribution >= 0.6 is 22.6 Å². The van der Waals surface area contributed by atoms with Gasteiger partial charge in [-0.1, -0.05) is 57.2 Å². The number of ether oxygens (including phenoxy) is 1. The third-order valence-electron chi connectivity index (χ3n) is 3.35. The van der Waals surface area contributed by atoms with Crippen molar-refractivity contribution in [1.29, 1.82) is 0 Å². The minimum atomic E-state index is -0.427. The van der Waals surface area contributed by atoms with Crippen molar-refractivity contribution < 1.29 is 9.53 Å². The second-order valence-corrected chi connectivity index (χ2v) is 8.32. The molecule has 16 heavy (non-hydrogen) atoms. The predicted molar refractivity (Wildman–Crippen MR) is 76.8 cm³/mol. The van der Waals surface area contributed by atoms with Crippen molar-refractivity contribution in [2.24, 2.45) is 16.7 Å². The van der Waals surface area contributed by atoms with E-state index in [1.807, 2.05) is 20.8 Å². The molecule has 0 radical (unpaired) electrons. The lowest BCUT2D eigenvalue weighted by molar-refractivity contribution is -0.159. The van der Waals surface area contributed by atoms with E-state index < -0.39 is 5.41 Å². The zero-order chi connectivity index (χ0) is 13.1. The molecule has 0 saturated carbocycles. The Morgan fingerprint density at radius 2 is 1.62 bits per heavy atom. The van der Waals surface area contributed by atoms with Crippen LogP contribution in [0.25, 0.3) is 0 Å². The SMILES string of the molecule is CC(I)COC(=O)C(C)(C)C(C)C(C)(C)C. The summed E-state index contributed by atoms with van der Waals surface area (Å²) in [6, 6.07) is 0. The van der Waals surface area contributed by atoms with Crippen LogP contribution in [0.2, 0.25) is 0 Å². The lowest BCUT2D eigenvalue weighted by Gasteiger charge is -2.38. The molecule has 0 N–H and O–H groups in total. The number of alkyl halides is 1. The molecule has 0 spiro atoms. The molecule has 2 unspecified atom stereocenters. The standard InChI is InChI=1S/C13H25IO2/c1-9(14)8-16-11(15)13(6,7)10(2)12(3,4)5/h9-10H,8H2,1-7H3. The van der Waals surface area contributed by atoms with Crippen LogP contribution < -0.4 is 0 Å². The van der Waals surface area contributed by atoms with Gasteiger partial charge < -0.3 is 4.74 Å². The maximum Gasteiger partial charge on any atom is 0.311 e. The van der Waals surface area contributed by atoms with Crippen molar-refractivity contribution in [2.45, 2.75) is 52.4 Å². The summed E-state index contributed by atoms with van der Waals surface area (Å²) in [4.78, 5) is 12.0. The van der Waals surface area contributed by atoms with E-state index in [0.717, 1.165) is 0 Å². The molecule has 0 aromatic heterocycles. The Bertz CT molecular complexity index is 239. The van der Waals surface area contributed by atoms with E-state index in [4.69, 9.17) is 4.74 Å². The van der Waals surface area contributed by atoms with E-state index in [2.05, 4.69) is 50.3 Å². The molecule has 0 aliphatic carbocycles. The number of rotatable bonds is 4. The lowest BCUT2D eigenvalue weighted by Crippen LogP contribution is -2.40. The molecule has 0 fully saturated rings. The molecular weight excluding hydrogens is 315 g/mol. The van der Waals surface area contributed by atoms with Crippen molar-refractivity contribution in [3.05, 3.63) is 0 Å². The fourth-order valence-corrected chi connectivity index (χ4v) is 1.82. The fourth-order valence-electron chi connectivity index (χ4n) is 1.64. The van der Waals surface area contributed by atoms with Crippen LogP contribution in [0, 0.1) is 16.7 Å². The third kappa shape index (κ3) is 4.60. The predicted octanol–water partition coefficient (Wildman–Crippen LogP) is 4.06. The fraction of sp³-hybridized carbons (Fsp3) is 0.923. The normalized spacial score (nSPS) is 16.8. The van der Waals surface area contributed by atoms with E-state index in [-0.39, 0.29) is 17.3 Å². The lowest BCUT2D eigenvalue weighted by atomic mass is 9.67. The largest absolute Gasteiger partial charge is 0.464 e. The van der Waals surface area contributed by atoms with E-state index >= 15 is 0 Å². The first-order valence-electron chi connectivity index (χ1n) is 5.81. The molecule has 0 aliphatic heterocycles. The maximum absolute atomic E-state index is 12.0. The number of carbonyl (C=O) groups is 1. The summed E-state index contributed by atoms with van der Waals surface area (Å²) in [5.41, 5.74) is -0.317. The first-order chi connectivity index (χ1) is 6.99. The monoisotopic (exact) mass is 340 g/mol. The smallest absolute Gasteiger partial charge is 0.311 e. The highest BCUT2D eigenvalue weighted by Gasteiger charge is 2.41. The van der Waals surface area contributed by atoms with Gasteiger partial charge in [0.25, 0.3) is 0 Å². The molecule has 0 saturated heterocycles. The van der Waals surface area contributed by atoms with Crippen LogP contribution in [-0.2, 0) is 9.53 Å². The summed E-state index contributed by atoms with van der Waals surface area (Å²) in [5, 5.41) is 0. The molecule has 3 heteroatoms. The van der Waals surface area contributed by atoms with Crippen molar-refractivity contribution in [3.63, 3.8) is 0 Å². The molecule has 0 bridgehead atoms. The van der Waals surface area contributed by atoms with Gasteiger partial charge in [0, 0.05) is 3.92 Å². The second-order valence-electron chi connectivity index (χ2n) is 6.19. The Balaban J connectivity index is 4.59. The summed E-state index contributed by atoms with van der Waals surface area (Å²) in [7, 11) is 0. The van der Waals surface area contributed by atoms with Crippen LogP contribution in [-0.4, -0.2) is 16.5 Å². The summed E-state index contributed by atoms with van der Waals surface area (Å²) in [6.45, 7) is 15.1. The van der Waals surface area contributed by atoms with Crippen LogP contribution in [0.1, 0.15) is 48.5 Å². The van der Waals surface area contributed by atoms with Crippen molar-refractivity contribution >= 4 is 28.6 Å². The first kappa shape index (κ1) is 16.2. The first-order valence-corrected chi connectivity index (χ1v) is 7.05.